The van der Waals surface area contributed by atoms with Crippen LogP contribution in [0.1, 0.15) is 150 Å². The Kier molecular flexibility index (Phi) is 11.5. The molecule has 2 amide bonds. The second-order valence-corrected chi connectivity index (χ2v) is 17.6. The van der Waals surface area contributed by atoms with Crippen molar-refractivity contribution in [1.82, 2.24) is 28.6 Å². The molecule has 3 heterocycles. The van der Waals surface area contributed by atoms with Crippen LogP contribution in [0.25, 0.3) is 16.5 Å². The largest absolute Gasteiger partial charge is 0.501 e. The number of piperidine rings is 1. The second-order valence-electron chi connectivity index (χ2n) is 15.7. The first-order valence-electron chi connectivity index (χ1n) is 19.3. The molecule has 2 atom stereocenters. The summed E-state index contributed by atoms with van der Waals surface area (Å²) in [5, 5.41) is 5.26. The Bertz CT molecular complexity index is 2000. The van der Waals surface area contributed by atoms with Gasteiger partial charge in [-0.1, -0.05) is 57.3 Å². The lowest BCUT2D eigenvalue weighted by atomic mass is 9.80. The lowest BCUT2D eigenvalue weighted by molar-refractivity contribution is -0.147. The first-order valence-corrected chi connectivity index (χ1v) is 20.7. The molecule has 1 aliphatic heterocycles. The van der Waals surface area contributed by atoms with Crippen molar-refractivity contribution in [1.29, 1.82) is 0 Å². The molecule has 6 rings (SSSR count). The summed E-state index contributed by atoms with van der Waals surface area (Å²) < 4.78 is 42.2. The van der Waals surface area contributed by atoms with Crippen molar-refractivity contribution in [3.63, 3.8) is 0 Å². The average Bonchev–Trinajstić information content (AvgIpc) is 3.78. The summed E-state index contributed by atoms with van der Waals surface area (Å²) in [7, 11) is 0.447. The van der Waals surface area contributed by atoms with Crippen LogP contribution in [-0.2, 0) is 26.3 Å². The number of carbonyl (C=O) groups is 2. The van der Waals surface area contributed by atoms with E-state index in [0.29, 0.717) is 37.1 Å². The van der Waals surface area contributed by atoms with Crippen LogP contribution in [-0.4, -0.2) is 71.9 Å². The van der Waals surface area contributed by atoms with Gasteiger partial charge >= 0.3 is 10.2 Å². The van der Waals surface area contributed by atoms with Gasteiger partial charge in [0, 0.05) is 61.7 Å². The summed E-state index contributed by atoms with van der Waals surface area (Å²) in [6.45, 7) is 9.12. The maximum Gasteiger partial charge on any atom is 0.303 e. The SMILES string of the molecule is CCC(C)(Cn1c(C2=CC=C(OC)CC2)c(C2CCCCC2)c2ccc(C(=O)NS(=O)(=O)N(C)C)cc21)C(=O)N1CCCCC1c1nc(C(C)C)no1. The zero-order valence-corrected chi connectivity index (χ0v) is 33.2. The van der Waals surface area contributed by atoms with Crippen molar-refractivity contribution < 1.29 is 27.3 Å². The van der Waals surface area contributed by atoms with Gasteiger partial charge in [0.15, 0.2) is 5.82 Å². The smallest absolute Gasteiger partial charge is 0.303 e. The fourth-order valence-electron chi connectivity index (χ4n) is 8.16. The van der Waals surface area contributed by atoms with Crippen LogP contribution >= 0.6 is 0 Å². The van der Waals surface area contributed by atoms with Crippen LogP contribution in [0, 0.1) is 5.41 Å². The summed E-state index contributed by atoms with van der Waals surface area (Å²) >= 11 is 0. The van der Waals surface area contributed by atoms with E-state index in [-0.39, 0.29) is 23.4 Å². The minimum atomic E-state index is -4.01. The lowest BCUT2D eigenvalue weighted by Crippen LogP contribution is -2.48. The van der Waals surface area contributed by atoms with Crippen LogP contribution in [0.15, 0.2) is 40.6 Å². The molecule has 13 heteroatoms. The van der Waals surface area contributed by atoms with Gasteiger partial charge in [-0.15, -0.1) is 0 Å². The molecule has 2 unspecified atom stereocenters. The molecule has 0 spiro atoms. The fourth-order valence-corrected chi connectivity index (χ4v) is 8.69. The highest BCUT2D eigenvalue weighted by Gasteiger charge is 2.43. The van der Waals surface area contributed by atoms with Crippen LogP contribution < -0.4 is 4.72 Å². The van der Waals surface area contributed by atoms with Crippen LogP contribution in [0.2, 0.25) is 0 Å². The Morgan fingerprint density at radius 1 is 1.08 bits per heavy atom. The third kappa shape index (κ3) is 7.83. The standard InChI is InChI=1S/C40H56N6O6S/c1-8-40(4,39(48)45-23-13-12-16-32(45)38-41-36(26(2)3)42-52-38)25-46-33-24-29(37(47)43-53(49,50)44(5)6)19-22-31(33)34(27-14-10-9-11-15-27)35(46)28-17-20-30(51-7)21-18-28/h17,19-20,22,24,26-27,32H,8-16,18,21,23,25H2,1-7H3,(H,43,47). The monoisotopic (exact) mass is 748 g/mol. The van der Waals surface area contributed by atoms with Gasteiger partial charge in [0.05, 0.1) is 18.3 Å². The van der Waals surface area contributed by atoms with Gasteiger partial charge in [-0.2, -0.15) is 17.7 Å². The van der Waals surface area contributed by atoms with E-state index in [4.69, 9.17) is 14.2 Å². The molecule has 2 aliphatic carbocycles. The van der Waals surface area contributed by atoms with E-state index in [1.54, 1.807) is 13.2 Å². The van der Waals surface area contributed by atoms with Crippen molar-refractivity contribution in [2.45, 2.75) is 123 Å². The number of fused-ring (bicyclic) bond motifs is 1. The highest BCUT2D eigenvalue weighted by molar-refractivity contribution is 7.87. The Hall–Kier alpha value is -3.97. The number of amides is 2. The molecule has 1 saturated heterocycles. The number of benzene rings is 1. The molecule has 288 valence electrons. The number of methoxy groups -OCH3 is 1. The molecule has 0 bridgehead atoms. The van der Waals surface area contributed by atoms with E-state index in [1.807, 2.05) is 43.9 Å². The molecule has 3 aromatic rings. The number of ether oxygens (including phenoxy) is 1. The molecular weight excluding hydrogens is 693 g/mol. The molecule has 1 saturated carbocycles. The third-order valence-corrected chi connectivity index (χ3v) is 13.0. The molecule has 53 heavy (non-hydrogen) atoms. The Labute approximate surface area is 314 Å². The summed E-state index contributed by atoms with van der Waals surface area (Å²) in [5.74, 6) is 1.80. The minimum Gasteiger partial charge on any atom is -0.501 e. The minimum absolute atomic E-state index is 0.0335. The van der Waals surface area contributed by atoms with Crippen molar-refractivity contribution in [2.75, 3.05) is 27.7 Å². The molecular formula is C40H56N6O6S. The Balaban J connectivity index is 1.51. The molecule has 3 aliphatic rings. The van der Waals surface area contributed by atoms with Gasteiger partial charge in [0.1, 0.15) is 6.04 Å². The topological polar surface area (TPSA) is 140 Å². The van der Waals surface area contributed by atoms with E-state index in [0.717, 1.165) is 90.0 Å². The zero-order chi connectivity index (χ0) is 38.1. The maximum atomic E-state index is 15.0. The van der Waals surface area contributed by atoms with Crippen molar-refractivity contribution in [3.05, 3.63) is 64.6 Å². The van der Waals surface area contributed by atoms with Gasteiger partial charge in [-0.25, -0.2) is 4.72 Å². The van der Waals surface area contributed by atoms with Crippen LogP contribution in [0.4, 0.5) is 0 Å². The van der Waals surface area contributed by atoms with E-state index in [9.17, 15) is 13.2 Å². The predicted octanol–water partition coefficient (Wildman–Crippen LogP) is 7.61. The number of hydrogen-bond acceptors (Lipinski definition) is 8. The first-order chi connectivity index (χ1) is 25.3. The quantitative estimate of drug-likeness (QED) is 0.200. The van der Waals surface area contributed by atoms with E-state index in [1.165, 1.54) is 26.1 Å². The van der Waals surface area contributed by atoms with Crippen molar-refractivity contribution in [3.8, 4) is 0 Å². The molecule has 0 radical (unpaired) electrons. The van der Waals surface area contributed by atoms with Crippen LogP contribution in [0.5, 0.6) is 0 Å². The number of carbonyl (C=O) groups excluding carboxylic acids is 2. The van der Waals surface area contributed by atoms with E-state index >= 15 is 4.79 Å². The number of aromatic nitrogens is 3. The normalized spacial score (nSPS) is 20.0. The number of nitrogens with zero attached hydrogens (tertiary/aromatic N) is 5. The lowest BCUT2D eigenvalue weighted by Gasteiger charge is -2.40. The average molecular weight is 749 g/mol. The van der Waals surface area contributed by atoms with Gasteiger partial charge in [-0.3, -0.25) is 9.59 Å². The number of allylic oxidation sites excluding steroid dienone is 4. The summed E-state index contributed by atoms with van der Waals surface area (Å²) in [6, 6.07) is 5.21. The molecule has 2 fully saturated rings. The van der Waals surface area contributed by atoms with Crippen molar-refractivity contribution in [2.24, 2.45) is 5.41 Å². The molecule has 2 aromatic heterocycles. The predicted molar refractivity (Wildman–Crippen MR) is 205 cm³/mol. The van der Waals surface area contributed by atoms with E-state index in [2.05, 4.69) is 27.4 Å². The number of nitrogens with one attached hydrogen (secondary N) is 1. The van der Waals surface area contributed by atoms with Gasteiger partial charge in [0.25, 0.3) is 5.91 Å². The first kappa shape index (κ1) is 38.7. The summed E-state index contributed by atoms with van der Waals surface area (Å²) in [4.78, 5) is 35.2. The van der Waals surface area contributed by atoms with Gasteiger partial charge in [0.2, 0.25) is 11.8 Å². The zero-order valence-electron chi connectivity index (χ0n) is 32.4. The van der Waals surface area contributed by atoms with Crippen LogP contribution in [0.3, 0.4) is 0 Å². The number of rotatable bonds is 12. The van der Waals surface area contributed by atoms with E-state index < -0.39 is 21.5 Å². The number of hydrogen-bond donors (Lipinski definition) is 1. The molecule has 12 nitrogen and oxygen atoms in total. The second kappa shape index (κ2) is 15.8. The van der Waals surface area contributed by atoms with Crippen molar-refractivity contribution >= 4 is 38.5 Å². The highest BCUT2D eigenvalue weighted by atomic mass is 32.2. The van der Waals surface area contributed by atoms with Gasteiger partial charge in [-0.05, 0) is 87.1 Å². The molecule has 1 aromatic carbocycles. The summed E-state index contributed by atoms with van der Waals surface area (Å²) in [6.07, 6.45) is 14.5. The third-order valence-electron chi connectivity index (χ3n) is 11.6. The highest BCUT2D eigenvalue weighted by Crippen LogP contribution is 2.46. The number of likely N-dealkylation sites (tertiary alicyclic amines) is 1. The fraction of sp³-hybridized carbons (Fsp3) is 0.600. The van der Waals surface area contributed by atoms with Gasteiger partial charge < -0.3 is 18.7 Å². The molecule has 1 N–H and O–H groups in total. The Morgan fingerprint density at radius 3 is 2.43 bits per heavy atom. The Morgan fingerprint density at radius 2 is 1.81 bits per heavy atom. The maximum absolute atomic E-state index is 15.0. The summed E-state index contributed by atoms with van der Waals surface area (Å²) in [5.41, 5.74) is 3.73.